The van der Waals surface area contributed by atoms with E-state index in [1.54, 1.807) is 0 Å². The van der Waals surface area contributed by atoms with Gasteiger partial charge >= 0.3 is 0 Å². The van der Waals surface area contributed by atoms with E-state index in [2.05, 4.69) is 37.9 Å². The molecule has 14 heavy (non-hydrogen) atoms. The van der Waals surface area contributed by atoms with E-state index in [0.29, 0.717) is 5.41 Å². The van der Waals surface area contributed by atoms with Gasteiger partial charge in [-0.25, -0.2) is 4.98 Å². The van der Waals surface area contributed by atoms with E-state index in [4.69, 9.17) is 0 Å². The van der Waals surface area contributed by atoms with Gasteiger partial charge in [0.2, 0.25) is 0 Å². The molecule has 0 radical (unpaired) electrons. The Labute approximate surface area is 92.5 Å². The highest BCUT2D eigenvalue weighted by Crippen LogP contribution is 2.53. The predicted molar refractivity (Wildman–Crippen MR) is 60.4 cm³/mol. The van der Waals surface area contributed by atoms with Crippen LogP contribution >= 0.6 is 15.9 Å². The monoisotopic (exact) mass is 252 g/mol. The number of pyridine rings is 1. The molecular formula is C11H13BrN2. The molecule has 0 bridgehead atoms. The van der Waals surface area contributed by atoms with E-state index >= 15 is 0 Å². The van der Waals surface area contributed by atoms with E-state index < -0.39 is 0 Å². The van der Waals surface area contributed by atoms with Crippen molar-refractivity contribution in [1.82, 2.24) is 4.98 Å². The normalized spacial score (nSPS) is 23.1. The summed E-state index contributed by atoms with van der Waals surface area (Å²) < 4.78 is 1.06. The highest BCUT2D eigenvalue weighted by molar-refractivity contribution is 9.10. The predicted octanol–water partition coefficient (Wildman–Crippen LogP) is 2.83. The smallest absolute Gasteiger partial charge is 0.128 e. The minimum absolute atomic E-state index is 0.689. The molecule has 1 aromatic heterocycles. The first-order chi connectivity index (χ1) is 6.77. The lowest BCUT2D eigenvalue weighted by atomic mass is 10.1. The zero-order valence-corrected chi connectivity index (χ0v) is 9.63. The molecule has 0 unspecified atom stereocenters. The van der Waals surface area contributed by atoms with Gasteiger partial charge in [-0.2, -0.15) is 0 Å². The van der Waals surface area contributed by atoms with Crippen LogP contribution in [-0.4, -0.2) is 18.1 Å². The fourth-order valence-electron chi connectivity index (χ4n) is 2.27. The van der Waals surface area contributed by atoms with Crippen molar-refractivity contribution in [2.45, 2.75) is 19.3 Å². The molecule has 74 valence electrons. The topological polar surface area (TPSA) is 16.1 Å². The molecule has 3 heteroatoms. The van der Waals surface area contributed by atoms with Crippen molar-refractivity contribution >= 4 is 21.7 Å². The van der Waals surface area contributed by atoms with Gasteiger partial charge in [-0.1, -0.05) is 0 Å². The van der Waals surface area contributed by atoms with Gasteiger partial charge in [-0.3, -0.25) is 0 Å². The molecule has 1 saturated heterocycles. The zero-order valence-electron chi connectivity index (χ0n) is 8.04. The summed E-state index contributed by atoms with van der Waals surface area (Å²) in [6.45, 7) is 2.41. The van der Waals surface area contributed by atoms with E-state index in [-0.39, 0.29) is 0 Å². The minimum Gasteiger partial charge on any atom is -0.356 e. The van der Waals surface area contributed by atoms with Crippen LogP contribution in [0.15, 0.2) is 22.8 Å². The van der Waals surface area contributed by atoms with Gasteiger partial charge in [0.15, 0.2) is 0 Å². The van der Waals surface area contributed by atoms with Gasteiger partial charge in [0.1, 0.15) is 5.82 Å². The fraction of sp³-hybridized carbons (Fsp3) is 0.545. The maximum Gasteiger partial charge on any atom is 0.128 e. The minimum atomic E-state index is 0.689. The van der Waals surface area contributed by atoms with E-state index in [1.165, 1.54) is 32.4 Å². The van der Waals surface area contributed by atoms with E-state index in [9.17, 15) is 0 Å². The largest absolute Gasteiger partial charge is 0.356 e. The summed E-state index contributed by atoms with van der Waals surface area (Å²) in [5, 5.41) is 0. The van der Waals surface area contributed by atoms with Gasteiger partial charge in [-0.05, 0) is 52.7 Å². The second-order valence-electron chi connectivity index (χ2n) is 4.51. The van der Waals surface area contributed by atoms with Gasteiger partial charge < -0.3 is 4.90 Å². The van der Waals surface area contributed by atoms with Crippen LogP contribution in [-0.2, 0) is 0 Å². The molecule has 2 nitrogen and oxygen atoms in total. The Morgan fingerprint density at radius 2 is 2.14 bits per heavy atom. The maximum absolute atomic E-state index is 4.43. The van der Waals surface area contributed by atoms with Crippen LogP contribution in [0.5, 0.6) is 0 Å². The SMILES string of the molecule is Brc1ccc(N2CCC3(CC3)C2)nc1. The van der Waals surface area contributed by atoms with E-state index in [1.807, 2.05) is 6.20 Å². The van der Waals surface area contributed by atoms with Gasteiger partial charge in [0.25, 0.3) is 0 Å². The third-order valence-corrected chi connectivity index (χ3v) is 3.90. The Bertz CT molecular complexity index is 343. The molecular weight excluding hydrogens is 240 g/mol. The number of nitrogens with zero attached hydrogens (tertiary/aromatic N) is 2. The van der Waals surface area contributed by atoms with Gasteiger partial charge in [-0.15, -0.1) is 0 Å². The van der Waals surface area contributed by atoms with Crippen molar-refractivity contribution in [3.8, 4) is 0 Å². The Hall–Kier alpha value is -0.570. The summed E-state index contributed by atoms with van der Waals surface area (Å²) in [5.41, 5.74) is 0.689. The van der Waals surface area contributed by atoms with Crippen LogP contribution in [0.1, 0.15) is 19.3 Å². The molecule has 1 spiro atoms. The number of halogens is 1. The highest BCUT2D eigenvalue weighted by atomic mass is 79.9. The number of hydrogen-bond acceptors (Lipinski definition) is 2. The zero-order chi connectivity index (χ0) is 9.60. The third kappa shape index (κ3) is 1.44. The molecule has 1 aliphatic heterocycles. The number of anilines is 1. The van der Waals surface area contributed by atoms with Crippen molar-refractivity contribution in [2.24, 2.45) is 5.41 Å². The van der Waals surface area contributed by atoms with Crippen molar-refractivity contribution in [3.05, 3.63) is 22.8 Å². The standard InChI is InChI=1S/C11H13BrN2/c12-9-1-2-10(13-7-9)14-6-5-11(8-14)3-4-11/h1-2,7H,3-6,8H2. The summed E-state index contributed by atoms with van der Waals surface area (Å²) in [6.07, 6.45) is 6.11. The average Bonchev–Trinajstić information content (AvgIpc) is 2.79. The molecule has 3 rings (SSSR count). The molecule has 1 aliphatic carbocycles. The highest BCUT2D eigenvalue weighted by Gasteiger charge is 2.47. The number of aromatic nitrogens is 1. The molecule has 0 aromatic carbocycles. The lowest BCUT2D eigenvalue weighted by Crippen LogP contribution is -2.20. The Kier molecular flexibility index (Phi) is 1.84. The second kappa shape index (κ2) is 2.96. The second-order valence-corrected chi connectivity index (χ2v) is 5.42. The molecule has 2 aliphatic rings. The average molecular weight is 253 g/mol. The van der Waals surface area contributed by atoms with Gasteiger partial charge in [0.05, 0.1) is 0 Å². The summed E-state index contributed by atoms with van der Waals surface area (Å²) in [6, 6.07) is 4.17. The molecule has 0 atom stereocenters. The van der Waals surface area contributed by atoms with Crippen LogP contribution in [0, 0.1) is 5.41 Å². The Balaban J connectivity index is 1.79. The van der Waals surface area contributed by atoms with Gasteiger partial charge in [0, 0.05) is 23.8 Å². The van der Waals surface area contributed by atoms with Crippen LogP contribution < -0.4 is 4.90 Å². The third-order valence-electron chi connectivity index (χ3n) is 3.43. The fourth-order valence-corrected chi connectivity index (χ4v) is 2.51. The lowest BCUT2D eigenvalue weighted by molar-refractivity contribution is 0.580. The summed E-state index contributed by atoms with van der Waals surface area (Å²) in [7, 11) is 0. The van der Waals surface area contributed by atoms with Crippen LogP contribution in [0.25, 0.3) is 0 Å². The summed E-state index contributed by atoms with van der Waals surface area (Å²) >= 11 is 3.41. The van der Waals surface area contributed by atoms with Crippen molar-refractivity contribution < 1.29 is 0 Å². The summed E-state index contributed by atoms with van der Waals surface area (Å²) in [4.78, 5) is 6.85. The van der Waals surface area contributed by atoms with Crippen molar-refractivity contribution in [1.29, 1.82) is 0 Å². The first-order valence-corrected chi connectivity index (χ1v) is 5.93. The first-order valence-electron chi connectivity index (χ1n) is 5.14. The van der Waals surface area contributed by atoms with E-state index in [0.717, 1.165) is 10.3 Å². The molecule has 0 amide bonds. The molecule has 2 heterocycles. The maximum atomic E-state index is 4.43. The molecule has 0 N–H and O–H groups in total. The summed E-state index contributed by atoms with van der Waals surface area (Å²) in [5.74, 6) is 1.14. The first kappa shape index (κ1) is 8.72. The van der Waals surface area contributed by atoms with Crippen molar-refractivity contribution in [2.75, 3.05) is 18.0 Å². The number of hydrogen-bond donors (Lipinski definition) is 0. The van der Waals surface area contributed by atoms with Crippen LogP contribution in [0.2, 0.25) is 0 Å². The molecule has 1 aromatic rings. The Morgan fingerprint density at radius 1 is 1.29 bits per heavy atom. The van der Waals surface area contributed by atoms with Crippen LogP contribution in [0.4, 0.5) is 5.82 Å². The lowest BCUT2D eigenvalue weighted by Gasteiger charge is -2.16. The van der Waals surface area contributed by atoms with Crippen LogP contribution in [0.3, 0.4) is 0 Å². The Morgan fingerprint density at radius 3 is 2.71 bits per heavy atom. The quantitative estimate of drug-likeness (QED) is 0.765. The molecule has 2 fully saturated rings. The number of rotatable bonds is 1. The van der Waals surface area contributed by atoms with Crippen molar-refractivity contribution in [3.63, 3.8) is 0 Å². The molecule has 1 saturated carbocycles.